The highest BCUT2D eigenvalue weighted by Gasteiger charge is 2.26. The van der Waals surface area contributed by atoms with Crippen LogP contribution in [0.1, 0.15) is 32.3 Å². The largest absolute Gasteiger partial charge is 0.381 e. The van der Waals surface area contributed by atoms with Crippen molar-refractivity contribution in [3.63, 3.8) is 0 Å². The molecule has 2 rings (SSSR count). The Hall–Kier alpha value is -1.08. The Labute approximate surface area is 162 Å². The first kappa shape index (κ1) is 23.9. The lowest BCUT2D eigenvalue weighted by molar-refractivity contribution is -0.124. The van der Waals surface area contributed by atoms with Crippen molar-refractivity contribution in [2.75, 3.05) is 31.2 Å². The maximum absolute atomic E-state index is 12.2. The molecule has 1 aliphatic heterocycles. The molecule has 1 saturated heterocycles. The third kappa shape index (κ3) is 6.98. The van der Waals surface area contributed by atoms with Crippen molar-refractivity contribution in [1.29, 1.82) is 0 Å². The van der Waals surface area contributed by atoms with Crippen molar-refractivity contribution < 1.29 is 9.53 Å². The Morgan fingerprint density at radius 3 is 2.48 bits per heavy atom. The quantitative estimate of drug-likeness (QED) is 0.742. The van der Waals surface area contributed by atoms with Crippen LogP contribution in [-0.2, 0) is 16.1 Å². The topological polar surface area (TPSA) is 80.5 Å². The minimum Gasteiger partial charge on any atom is -0.381 e. The minimum absolute atomic E-state index is 0. The van der Waals surface area contributed by atoms with E-state index in [0.717, 1.165) is 37.3 Å². The predicted molar refractivity (Wildman–Crippen MR) is 106 cm³/mol. The highest BCUT2D eigenvalue weighted by atomic mass is 35.5. The van der Waals surface area contributed by atoms with E-state index in [1.165, 1.54) is 0 Å². The molecule has 1 aliphatic rings. The van der Waals surface area contributed by atoms with E-state index >= 15 is 0 Å². The Balaban J connectivity index is 0.00000288. The molecule has 8 heteroatoms. The van der Waals surface area contributed by atoms with Gasteiger partial charge in [-0.1, -0.05) is 6.07 Å². The number of halogens is 2. The van der Waals surface area contributed by atoms with Gasteiger partial charge in [0.05, 0.1) is 6.04 Å². The van der Waals surface area contributed by atoms with Gasteiger partial charge in [0.25, 0.3) is 0 Å². The van der Waals surface area contributed by atoms with Crippen LogP contribution in [-0.4, -0.2) is 43.2 Å². The van der Waals surface area contributed by atoms with Crippen molar-refractivity contribution in [1.82, 2.24) is 10.3 Å². The van der Waals surface area contributed by atoms with Crippen molar-refractivity contribution >= 4 is 36.5 Å². The summed E-state index contributed by atoms with van der Waals surface area (Å²) in [5, 5.41) is 2.91. The van der Waals surface area contributed by atoms with Gasteiger partial charge >= 0.3 is 0 Å². The fraction of sp³-hybridized carbons (Fsp3) is 0.647. The zero-order valence-electron chi connectivity index (χ0n) is 14.9. The summed E-state index contributed by atoms with van der Waals surface area (Å²) in [6.45, 7) is 7.93. The zero-order valence-corrected chi connectivity index (χ0v) is 16.6. The Morgan fingerprint density at radius 1 is 1.32 bits per heavy atom. The summed E-state index contributed by atoms with van der Waals surface area (Å²) < 4.78 is 5.31. The number of carbonyl (C=O) groups excluding carboxylic acids is 1. The van der Waals surface area contributed by atoms with Gasteiger partial charge in [0.2, 0.25) is 5.91 Å². The van der Waals surface area contributed by atoms with E-state index < -0.39 is 6.04 Å². The molecular weight excluding hydrogens is 363 g/mol. The van der Waals surface area contributed by atoms with Gasteiger partial charge in [-0.15, -0.1) is 24.8 Å². The van der Waals surface area contributed by atoms with Gasteiger partial charge in [-0.25, -0.2) is 4.98 Å². The molecule has 1 atom stereocenters. The molecule has 0 bridgehead atoms. The number of rotatable bonds is 7. The summed E-state index contributed by atoms with van der Waals surface area (Å²) in [5.74, 6) is 1.08. The number of hydrogen-bond donors (Lipinski definition) is 2. The van der Waals surface area contributed by atoms with Crippen molar-refractivity contribution in [3.8, 4) is 0 Å². The molecule has 0 radical (unpaired) electrons. The second-order valence-corrected chi connectivity index (χ2v) is 5.89. The summed E-state index contributed by atoms with van der Waals surface area (Å²) in [5.41, 5.74) is 7.05. The summed E-state index contributed by atoms with van der Waals surface area (Å²) >= 11 is 0. The van der Waals surface area contributed by atoms with Crippen molar-refractivity contribution in [3.05, 3.63) is 23.9 Å². The number of nitrogens with one attached hydrogen (secondary N) is 1. The number of ether oxygens (including phenoxy) is 1. The predicted octanol–water partition coefficient (Wildman–Crippen LogP) is 2.14. The highest BCUT2D eigenvalue weighted by Crippen LogP contribution is 2.17. The number of nitrogens with zero attached hydrogens (tertiary/aromatic N) is 2. The molecule has 0 spiro atoms. The number of carbonyl (C=O) groups is 1. The minimum atomic E-state index is -0.457. The van der Waals surface area contributed by atoms with Gasteiger partial charge in [-0.05, 0) is 44.2 Å². The maximum Gasteiger partial charge on any atom is 0.237 e. The molecule has 1 aromatic heterocycles. The number of hydrogen-bond acceptors (Lipinski definition) is 5. The molecule has 0 aromatic carbocycles. The molecular formula is C17H30Cl2N4O2. The first-order chi connectivity index (χ1) is 11.2. The van der Waals surface area contributed by atoms with Gasteiger partial charge in [0.15, 0.2) is 0 Å². The highest BCUT2D eigenvalue weighted by molar-refractivity contribution is 5.85. The molecule has 0 saturated carbocycles. The second-order valence-electron chi connectivity index (χ2n) is 5.89. The van der Waals surface area contributed by atoms with Crippen LogP contribution in [0.3, 0.4) is 0 Å². The van der Waals surface area contributed by atoms with E-state index in [0.29, 0.717) is 19.8 Å². The lowest BCUT2D eigenvalue weighted by Gasteiger charge is -2.26. The van der Waals surface area contributed by atoms with E-state index in [9.17, 15) is 4.79 Å². The number of nitrogens with two attached hydrogens (primary N) is 1. The SMILES string of the molecule is CCN(CC)c1ccc(CNC(=O)C(N)C2CCOCC2)cn1.Cl.Cl. The Morgan fingerprint density at radius 2 is 1.96 bits per heavy atom. The molecule has 0 aliphatic carbocycles. The first-order valence-electron chi connectivity index (χ1n) is 8.46. The number of pyridine rings is 1. The lowest BCUT2D eigenvalue weighted by Crippen LogP contribution is -2.46. The fourth-order valence-electron chi connectivity index (χ4n) is 2.85. The van der Waals surface area contributed by atoms with E-state index in [1.54, 1.807) is 0 Å². The summed E-state index contributed by atoms with van der Waals surface area (Å²) in [6.07, 6.45) is 3.53. The summed E-state index contributed by atoms with van der Waals surface area (Å²) in [4.78, 5) is 18.8. The Kier molecular flexibility index (Phi) is 11.8. The van der Waals surface area contributed by atoms with E-state index in [1.807, 2.05) is 18.3 Å². The van der Waals surface area contributed by atoms with Crippen LogP contribution in [0.2, 0.25) is 0 Å². The van der Waals surface area contributed by atoms with Crippen LogP contribution in [0.4, 0.5) is 5.82 Å². The second kappa shape index (κ2) is 12.3. The van der Waals surface area contributed by atoms with Gasteiger partial charge in [0, 0.05) is 39.0 Å². The summed E-state index contributed by atoms with van der Waals surface area (Å²) in [6, 6.07) is 3.54. The van der Waals surface area contributed by atoms with E-state index in [2.05, 4.69) is 29.0 Å². The monoisotopic (exact) mass is 392 g/mol. The number of aromatic nitrogens is 1. The van der Waals surface area contributed by atoms with Crippen LogP contribution in [0.25, 0.3) is 0 Å². The molecule has 1 unspecified atom stereocenters. The van der Waals surface area contributed by atoms with E-state index in [-0.39, 0.29) is 36.6 Å². The zero-order chi connectivity index (χ0) is 16.7. The first-order valence-corrected chi connectivity index (χ1v) is 8.46. The van der Waals surface area contributed by atoms with Crippen LogP contribution < -0.4 is 16.0 Å². The molecule has 6 nitrogen and oxygen atoms in total. The lowest BCUT2D eigenvalue weighted by atomic mass is 9.92. The molecule has 1 fully saturated rings. The average molecular weight is 393 g/mol. The van der Waals surface area contributed by atoms with Crippen LogP contribution in [0.15, 0.2) is 18.3 Å². The fourth-order valence-corrected chi connectivity index (χ4v) is 2.85. The smallest absolute Gasteiger partial charge is 0.237 e. The van der Waals surface area contributed by atoms with Gasteiger partial charge < -0.3 is 20.7 Å². The third-order valence-corrected chi connectivity index (χ3v) is 4.44. The molecule has 144 valence electrons. The van der Waals surface area contributed by atoms with Crippen LogP contribution in [0, 0.1) is 5.92 Å². The molecule has 25 heavy (non-hydrogen) atoms. The van der Waals surface area contributed by atoms with Crippen molar-refractivity contribution in [2.24, 2.45) is 11.7 Å². The molecule has 1 aromatic rings. The Bertz CT molecular complexity index is 492. The third-order valence-electron chi connectivity index (χ3n) is 4.44. The van der Waals surface area contributed by atoms with Gasteiger partial charge in [0.1, 0.15) is 5.82 Å². The molecule has 2 heterocycles. The number of amides is 1. The van der Waals surface area contributed by atoms with Gasteiger partial charge in [-0.2, -0.15) is 0 Å². The van der Waals surface area contributed by atoms with Gasteiger partial charge in [-0.3, -0.25) is 4.79 Å². The average Bonchev–Trinajstić information content (AvgIpc) is 2.62. The maximum atomic E-state index is 12.2. The van der Waals surface area contributed by atoms with Crippen molar-refractivity contribution in [2.45, 2.75) is 39.3 Å². The normalized spacial score (nSPS) is 15.5. The molecule has 1 amide bonds. The van der Waals surface area contributed by atoms with Crippen LogP contribution >= 0.6 is 24.8 Å². The standard InChI is InChI=1S/C17H28N4O2.2ClH/c1-3-21(4-2)15-6-5-13(11-19-15)12-20-17(22)16(18)14-7-9-23-10-8-14;;/h5-6,11,14,16H,3-4,7-10,12,18H2,1-2H3,(H,20,22);2*1H. The van der Waals surface area contributed by atoms with E-state index in [4.69, 9.17) is 10.5 Å². The van der Waals surface area contributed by atoms with Crippen LogP contribution in [0.5, 0.6) is 0 Å². The number of anilines is 1. The summed E-state index contributed by atoms with van der Waals surface area (Å²) in [7, 11) is 0. The molecule has 3 N–H and O–H groups in total.